The maximum absolute atomic E-state index is 10.8. The van der Waals surface area contributed by atoms with Crippen LogP contribution in [0.4, 0.5) is 11.6 Å². The SMILES string of the molecule is CC1CCN(c2nc3ccc([N+](=O)[O-])cc3[nH]2)C(CN)C1. The smallest absolute Gasteiger partial charge is 0.271 e. The van der Waals surface area contributed by atoms with Gasteiger partial charge in [-0.3, -0.25) is 10.1 Å². The van der Waals surface area contributed by atoms with Gasteiger partial charge in [0.2, 0.25) is 5.95 Å². The van der Waals surface area contributed by atoms with Gasteiger partial charge in [-0.1, -0.05) is 6.92 Å². The second-order valence-electron chi connectivity index (χ2n) is 5.73. The molecule has 1 fully saturated rings. The summed E-state index contributed by atoms with van der Waals surface area (Å²) in [5.41, 5.74) is 7.38. The number of imidazole rings is 1. The third-order valence-corrected chi connectivity index (χ3v) is 4.19. The predicted molar refractivity (Wildman–Crippen MR) is 81.3 cm³/mol. The number of non-ortho nitro benzene ring substituents is 1. The summed E-state index contributed by atoms with van der Waals surface area (Å²) in [6.07, 6.45) is 2.15. The minimum absolute atomic E-state index is 0.0698. The van der Waals surface area contributed by atoms with Crippen LogP contribution in [0.3, 0.4) is 0 Å². The van der Waals surface area contributed by atoms with Crippen LogP contribution in [0.25, 0.3) is 11.0 Å². The lowest BCUT2D eigenvalue weighted by atomic mass is 9.93. The zero-order chi connectivity index (χ0) is 15.0. The average Bonchev–Trinajstić information content (AvgIpc) is 2.89. The van der Waals surface area contributed by atoms with E-state index in [4.69, 9.17) is 5.73 Å². The molecule has 1 aliphatic rings. The largest absolute Gasteiger partial charge is 0.338 e. The van der Waals surface area contributed by atoms with E-state index in [0.717, 1.165) is 30.9 Å². The molecule has 1 aromatic heterocycles. The zero-order valence-electron chi connectivity index (χ0n) is 12.0. The lowest BCUT2D eigenvalue weighted by molar-refractivity contribution is -0.384. The summed E-state index contributed by atoms with van der Waals surface area (Å²) in [6.45, 7) is 3.73. The van der Waals surface area contributed by atoms with E-state index in [2.05, 4.69) is 21.8 Å². The first-order valence-electron chi connectivity index (χ1n) is 7.19. The van der Waals surface area contributed by atoms with Crippen LogP contribution in [0, 0.1) is 16.0 Å². The first-order chi connectivity index (χ1) is 10.1. The van der Waals surface area contributed by atoms with Crippen LogP contribution in [0.1, 0.15) is 19.8 Å². The second-order valence-corrected chi connectivity index (χ2v) is 5.73. The Labute approximate surface area is 122 Å². The summed E-state index contributed by atoms with van der Waals surface area (Å²) < 4.78 is 0. The molecule has 2 atom stereocenters. The van der Waals surface area contributed by atoms with Crippen LogP contribution in [0.5, 0.6) is 0 Å². The Morgan fingerprint density at radius 1 is 1.57 bits per heavy atom. The minimum Gasteiger partial charge on any atom is -0.338 e. The van der Waals surface area contributed by atoms with Crippen LogP contribution in [-0.2, 0) is 0 Å². The van der Waals surface area contributed by atoms with Crippen molar-refractivity contribution < 1.29 is 4.92 Å². The maximum Gasteiger partial charge on any atom is 0.271 e. The molecule has 1 saturated heterocycles. The van der Waals surface area contributed by atoms with E-state index in [-0.39, 0.29) is 11.7 Å². The van der Waals surface area contributed by atoms with Crippen LogP contribution < -0.4 is 10.6 Å². The molecule has 0 radical (unpaired) electrons. The molecule has 2 aromatic rings. The highest BCUT2D eigenvalue weighted by atomic mass is 16.6. The molecule has 7 nitrogen and oxygen atoms in total. The molecule has 0 aliphatic carbocycles. The number of nitro benzene ring substituents is 1. The molecule has 3 rings (SSSR count). The standard InChI is InChI=1S/C14H19N5O2/c1-9-4-5-18(11(6-9)8-15)14-16-12-3-2-10(19(20)21)7-13(12)17-14/h2-3,7,9,11H,4-6,8,15H2,1H3,(H,16,17). The Balaban J connectivity index is 1.94. The van der Waals surface area contributed by atoms with Gasteiger partial charge in [0.25, 0.3) is 5.69 Å². The van der Waals surface area contributed by atoms with E-state index in [1.165, 1.54) is 12.1 Å². The fraction of sp³-hybridized carbons (Fsp3) is 0.500. The number of H-pyrrole nitrogens is 1. The van der Waals surface area contributed by atoms with Crippen LogP contribution >= 0.6 is 0 Å². The summed E-state index contributed by atoms with van der Waals surface area (Å²) in [4.78, 5) is 20.4. The lowest BCUT2D eigenvalue weighted by Gasteiger charge is -2.37. The number of fused-ring (bicyclic) bond motifs is 1. The predicted octanol–water partition coefficient (Wildman–Crippen LogP) is 2.03. The number of nitrogens with zero attached hydrogens (tertiary/aromatic N) is 3. The summed E-state index contributed by atoms with van der Waals surface area (Å²) in [5.74, 6) is 1.42. The molecule has 0 bridgehead atoms. The van der Waals surface area contributed by atoms with Crippen molar-refractivity contribution in [2.24, 2.45) is 11.7 Å². The summed E-state index contributed by atoms with van der Waals surface area (Å²) >= 11 is 0. The Morgan fingerprint density at radius 3 is 3.10 bits per heavy atom. The molecule has 0 amide bonds. The van der Waals surface area contributed by atoms with Crippen molar-refractivity contribution in [1.82, 2.24) is 9.97 Å². The molecule has 7 heteroatoms. The zero-order valence-corrected chi connectivity index (χ0v) is 12.0. The summed E-state index contributed by atoms with van der Waals surface area (Å²) in [5, 5.41) is 10.8. The number of rotatable bonds is 3. The number of piperidine rings is 1. The first-order valence-corrected chi connectivity index (χ1v) is 7.19. The lowest BCUT2D eigenvalue weighted by Crippen LogP contribution is -2.46. The number of anilines is 1. The highest BCUT2D eigenvalue weighted by Crippen LogP contribution is 2.28. The van der Waals surface area contributed by atoms with Crippen LogP contribution in [0.2, 0.25) is 0 Å². The van der Waals surface area contributed by atoms with Gasteiger partial charge in [-0.2, -0.15) is 0 Å². The number of hydrogen-bond acceptors (Lipinski definition) is 5. The number of aromatic amines is 1. The molecule has 2 heterocycles. The quantitative estimate of drug-likeness (QED) is 0.665. The van der Waals surface area contributed by atoms with Gasteiger partial charge in [0.05, 0.1) is 16.0 Å². The van der Waals surface area contributed by atoms with E-state index < -0.39 is 4.92 Å². The number of hydrogen-bond donors (Lipinski definition) is 2. The molecule has 112 valence electrons. The Kier molecular flexibility index (Phi) is 3.50. The molecule has 21 heavy (non-hydrogen) atoms. The number of aromatic nitrogens is 2. The average molecular weight is 289 g/mol. The van der Waals surface area contributed by atoms with Crippen molar-refractivity contribution in [3.63, 3.8) is 0 Å². The molecular formula is C14H19N5O2. The van der Waals surface area contributed by atoms with Gasteiger partial charge in [-0.25, -0.2) is 4.98 Å². The molecule has 0 saturated carbocycles. The van der Waals surface area contributed by atoms with Gasteiger partial charge in [-0.05, 0) is 24.8 Å². The van der Waals surface area contributed by atoms with Gasteiger partial charge in [0, 0.05) is 31.3 Å². The van der Waals surface area contributed by atoms with Crippen molar-refractivity contribution >= 4 is 22.7 Å². The van der Waals surface area contributed by atoms with Crippen LogP contribution in [-0.4, -0.2) is 34.0 Å². The number of benzene rings is 1. The molecule has 1 aromatic carbocycles. The van der Waals surface area contributed by atoms with Crippen molar-refractivity contribution in [1.29, 1.82) is 0 Å². The summed E-state index contributed by atoms with van der Waals surface area (Å²) in [6, 6.07) is 4.95. The number of nitro groups is 1. The molecule has 1 aliphatic heterocycles. The highest BCUT2D eigenvalue weighted by Gasteiger charge is 2.27. The fourth-order valence-corrected chi connectivity index (χ4v) is 2.99. The number of nitrogens with two attached hydrogens (primary N) is 1. The van der Waals surface area contributed by atoms with Crippen molar-refractivity contribution in [2.75, 3.05) is 18.0 Å². The molecule has 3 N–H and O–H groups in total. The molecule has 0 spiro atoms. The molecular weight excluding hydrogens is 270 g/mol. The maximum atomic E-state index is 10.8. The Bertz CT molecular complexity index is 668. The van der Waals surface area contributed by atoms with Gasteiger partial charge in [0.1, 0.15) is 0 Å². The Hall–Kier alpha value is -2.15. The van der Waals surface area contributed by atoms with Gasteiger partial charge in [0.15, 0.2) is 0 Å². The van der Waals surface area contributed by atoms with Gasteiger partial charge >= 0.3 is 0 Å². The van der Waals surface area contributed by atoms with E-state index in [1.807, 2.05) is 0 Å². The first kappa shape index (κ1) is 13.8. The third-order valence-electron chi connectivity index (χ3n) is 4.19. The highest BCUT2D eigenvalue weighted by molar-refractivity contribution is 5.80. The minimum atomic E-state index is -0.398. The second kappa shape index (κ2) is 5.33. The van der Waals surface area contributed by atoms with E-state index in [9.17, 15) is 10.1 Å². The Morgan fingerprint density at radius 2 is 2.38 bits per heavy atom. The van der Waals surface area contributed by atoms with Gasteiger partial charge < -0.3 is 15.6 Å². The number of nitrogens with one attached hydrogen (secondary N) is 1. The normalized spacial score (nSPS) is 22.7. The van der Waals surface area contributed by atoms with Crippen molar-refractivity contribution in [3.05, 3.63) is 28.3 Å². The van der Waals surface area contributed by atoms with E-state index in [0.29, 0.717) is 18.0 Å². The van der Waals surface area contributed by atoms with Gasteiger partial charge in [-0.15, -0.1) is 0 Å². The van der Waals surface area contributed by atoms with Crippen molar-refractivity contribution in [3.8, 4) is 0 Å². The fourth-order valence-electron chi connectivity index (χ4n) is 2.99. The summed E-state index contributed by atoms with van der Waals surface area (Å²) in [7, 11) is 0. The van der Waals surface area contributed by atoms with E-state index in [1.54, 1.807) is 6.07 Å². The van der Waals surface area contributed by atoms with E-state index >= 15 is 0 Å². The monoisotopic (exact) mass is 289 g/mol. The van der Waals surface area contributed by atoms with Crippen LogP contribution in [0.15, 0.2) is 18.2 Å². The van der Waals surface area contributed by atoms with Crippen molar-refractivity contribution in [2.45, 2.75) is 25.8 Å². The third kappa shape index (κ3) is 2.56. The topological polar surface area (TPSA) is 101 Å². The molecule has 2 unspecified atom stereocenters.